The highest BCUT2D eigenvalue weighted by atomic mass is 32.1. The first-order valence-corrected chi connectivity index (χ1v) is 9.64. The van der Waals surface area contributed by atoms with Gasteiger partial charge in [-0.2, -0.15) is 0 Å². The van der Waals surface area contributed by atoms with Crippen LogP contribution < -0.4 is 5.32 Å². The summed E-state index contributed by atoms with van der Waals surface area (Å²) in [6.45, 7) is 16.0. The summed E-state index contributed by atoms with van der Waals surface area (Å²) in [5, 5.41) is 4.54. The number of nitrogens with one attached hydrogen (secondary N) is 1. The average Bonchev–Trinajstić information content (AvgIpc) is 3.18. The first kappa shape index (κ1) is 18.2. The predicted octanol–water partition coefficient (Wildman–Crippen LogP) is 2.58. The maximum atomic E-state index is 4.80. The smallest absolute Gasteiger partial charge is 0.194 e. The highest BCUT2D eigenvalue weighted by Crippen LogP contribution is 2.18. The van der Waals surface area contributed by atoms with Gasteiger partial charge in [-0.25, -0.2) is 9.98 Å². The van der Waals surface area contributed by atoms with Crippen LogP contribution in [0.5, 0.6) is 0 Å². The molecule has 0 aromatic carbocycles. The van der Waals surface area contributed by atoms with Crippen molar-refractivity contribution in [3.63, 3.8) is 0 Å². The molecule has 1 N–H and O–H groups in total. The van der Waals surface area contributed by atoms with Crippen LogP contribution in [0.25, 0.3) is 0 Å². The van der Waals surface area contributed by atoms with Crippen molar-refractivity contribution in [2.45, 2.75) is 40.7 Å². The molecule has 1 aromatic rings. The van der Waals surface area contributed by atoms with Crippen molar-refractivity contribution in [1.82, 2.24) is 20.1 Å². The van der Waals surface area contributed by atoms with Crippen LogP contribution >= 0.6 is 11.3 Å². The Labute approximate surface area is 144 Å². The fourth-order valence-electron chi connectivity index (χ4n) is 3.06. The standard InChI is InChI=1S/C17H31N5S/c1-5-18-17(20-11-16-19-10-14(4)23-16)22-9-8-15(13-22)12-21(6-2)7-3/h10,15H,5-9,11-13H2,1-4H3,(H,18,20). The van der Waals surface area contributed by atoms with E-state index in [4.69, 9.17) is 4.99 Å². The first-order chi connectivity index (χ1) is 11.2. The molecule has 23 heavy (non-hydrogen) atoms. The van der Waals surface area contributed by atoms with Crippen molar-refractivity contribution in [2.75, 3.05) is 39.3 Å². The van der Waals surface area contributed by atoms with Crippen molar-refractivity contribution < 1.29 is 0 Å². The molecule has 1 atom stereocenters. The molecule has 0 saturated carbocycles. The van der Waals surface area contributed by atoms with E-state index < -0.39 is 0 Å². The zero-order valence-corrected chi connectivity index (χ0v) is 15.8. The maximum Gasteiger partial charge on any atom is 0.194 e. The summed E-state index contributed by atoms with van der Waals surface area (Å²) in [6.07, 6.45) is 3.19. The van der Waals surface area contributed by atoms with E-state index in [0.717, 1.165) is 49.6 Å². The molecular formula is C17H31N5S. The Morgan fingerprint density at radius 3 is 2.83 bits per heavy atom. The van der Waals surface area contributed by atoms with E-state index >= 15 is 0 Å². The Kier molecular flexibility index (Phi) is 7.30. The number of thiazole rings is 1. The van der Waals surface area contributed by atoms with Gasteiger partial charge in [-0.15, -0.1) is 11.3 Å². The molecular weight excluding hydrogens is 306 g/mol. The summed E-state index contributed by atoms with van der Waals surface area (Å²) in [7, 11) is 0. The van der Waals surface area contributed by atoms with E-state index in [1.807, 2.05) is 6.20 Å². The highest BCUT2D eigenvalue weighted by molar-refractivity contribution is 7.11. The number of nitrogens with zero attached hydrogens (tertiary/aromatic N) is 4. The van der Waals surface area contributed by atoms with Gasteiger partial charge in [0.05, 0.1) is 6.54 Å². The summed E-state index contributed by atoms with van der Waals surface area (Å²) in [6, 6.07) is 0. The van der Waals surface area contributed by atoms with Gasteiger partial charge in [-0.05, 0) is 39.3 Å². The molecule has 5 nitrogen and oxygen atoms in total. The van der Waals surface area contributed by atoms with Crippen molar-refractivity contribution in [2.24, 2.45) is 10.9 Å². The molecule has 6 heteroatoms. The van der Waals surface area contributed by atoms with Crippen molar-refractivity contribution >= 4 is 17.3 Å². The zero-order chi connectivity index (χ0) is 16.7. The molecule has 0 radical (unpaired) electrons. The molecule has 0 spiro atoms. The SMILES string of the molecule is CCNC(=NCc1ncc(C)s1)N1CCC(CN(CC)CC)C1. The van der Waals surface area contributed by atoms with E-state index in [0.29, 0.717) is 6.54 Å². The predicted molar refractivity (Wildman–Crippen MR) is 99.1 cm³/mol. The molecule has 130 valence electrons. The molecule has 0 bridgehead atoms. The van der Waals surface area contributed by atoms with Crippen LogP contribution in [0.2, 0.25) is 0 Å². The van der Waals surface area contributed by atoms with Crippen LogP contribution in [-0.2, 0) is 6.54 Å². The summed E-state index contributed by atoms with van der Waals surface area (Å²) >= 11 is 1.73. The van der Waals surface area contributed by atoms with Gasteiger partial charge in [-0.3, -0.25) is 0 Å². The van der Waals surface area contributed by atoms with Crippen LogP contribution in [0, 0.1) is 12.8 Å². The van der Waals surface area contributed by atoms with Crippen LogP contribution in [0.4, 0.5) is 0 Å². The minimum Gasteiger partial charge on any atom is -0.357 e. The van der Waals surface area contributed by atoms with Crippen molar-refractivity contribution in [3.05, 3.63) is 16.1 Å². The molecule has 2 rings (SSSR count). The lowest BCUT2D eigenvalue weighted by Crippen LogP contribution is -2.40. The molecule has 1 aliphatic rings. The fourth-order valence-corrected chi connectivity index (χ4v) is 3.78. The van der Waals surface area contributed by atoms with Crippen molar-refractivity contribution in [1.29, 1.82) is 0 Å². The second-order valence-corrected chi connectivity index (χ2v) is 7.44. The Morgan fingerprint density at radius 2 is 2.22 bits per heavy atom. The summed E-state index contributed by atoms with van der Waals surface area (Å²) in [5.74, 6) is 1.79. The van der Waals surface area contributed by atoms with E-state index in [1.54, 1.807) is 11.3 Å². The second kappa shape index (κ2) is 9.23. The topological polar surface area (TPSA) is 43.8 Å². The minimum absolute atomic E-state index is 0.679. The largest absolute Gasteiger partial charge is 0.357 e. The molecule has 2 heterocycles. The number of rotatable bonds is 7. The number of aromatic nitrogens is 1. The number of likely N-dealkylation sites (tertiary alicyclic amines) is 1. The van der Waals surface area contributed by atoms with Gasteiger partial charge in [0, 0.05) is 37.3 Å². The van der Waals surface area contributed by atoms with Gasteiger partial charge in [0.1, 0.15) is 5.01 Å². The molecule has 1 fully saturated rings. The lowest BCUT2D eigenvalue weighted by atomic mass is 10.1. The lowest BCUT2D eigenvalue weighted by Gasteiger charge is -2.24. The molecule has 1 unspecified atom stereocenters. The number of aryl methyl sites for hydroxylation is 1. The third-order valence-electron chi connectivity index (χ3n) is 4.36. The average molecular weight is 338 g/mol. The van der Waals surface area contributed by atoms with E-state index in [2.05, 4.69) is 47.8 Å². The fraction of sp³-hybridized carbons (Fsp3) is 0.765. The normalized spacial score (nSPS) is 18.9. The third kappa shape index (κ3) is 5.46. The number of hydrogen-bond donors (Lipinski definition) is 1. The number of hydrogen-bond acceptors (Lipinski definition) is 4. The molecule has 0 amide bonds. The van der Waals surface area contributed by atoms with Crippen molar-refractivity contribution in [3.8, 4) is 0 Å². The summed E-state index contributed by atoms with van der Waals surface area (Å²) in [4.78, 5) is 15.4. The highest BCUT2D eigenvalue weighted by Gasteiger charge is 2.25. The Bertz CT molecular complexity index is 495. The Balaban J connectivity index is 1.93. The molecule has 1 aliphatic heterocycles. The first-order valence-electron chi connectivity index (χ1n) is 8.83. The molecule has 1 saturated heterocycles. The van der Waals surface area contributed by atoms with Crippen LogP contribution in [0.1, 0.15) is 37.1 Å². The van der Waals surface area contributed by atoms with Gasteiger partial charge in [-0.1, -0.05) is 13.8 Å². The number of aliphatic imine (C=N–C) groups is 1. The van der Waals surface area contributed by atoms with Gasteiger partial charge in [0.15, 0.2) is 5.96 Å². The minimum atomic E-state index is 0.679. The van der Waals surface area contributed by atoms with Crippen LogP contribution in [0.15, 0.2) is 11.2 Å². The van der Waals surface area contributed by atoms with Crippen LogP contribution in [0.3, 0.4) is 0 Å². The maximum absolute atomic E-state index is 4.80. The monoisotopic (exact) mass is 337 g/mol. The zero-order valence-electron chi connectivity index (χ0n) is 15.0. The van der Waals surface area contributed by atoms with Gasteiger partial charge < -0.3 is 15.1 Å². The third-order valence-corrected chi connectivity index (χ3v) is 5.26. The number of guanidine groups is 1. The quantitative estimate of drug-likeness (QED) is 0.613. The molecule has 1 aromatic heterocycles. The summed E-state index contributed by atoms with van der Waals surface area (Å²) in [5.41, 5.74) is 0. The molecule has 0 aliphatic carbocycles. The van der Waals surface area contributed by atoms with E-state index in [9.17, 15) is 0 Å². The second-order valence-electron chi connectivity index (χ2n) is 6.12. The Hall–Kier alpha value is -1.14. The lowest BCUT2D eigenvalue weighted by molar-refractivity contribution is 0.255. The Morgan fingerprint density at radius 1 is 1.43 bits per heavy atom. The van der Waals surface area contributed by atoms with Crippen LogP contribution in [-0.4, -0.2) is 60.0 Å². The van der Waals surface area contributed by atoms with Gasteiger partial charge in [0.2, 0.25) is 0 Å². The van der Waals surface area contributed by atoms with E-state index in [1.165, 1.54) is 17.8 Å². The van der Waals surface area contributed by atoms with E-state index in [-0.39, 0.29) is 0 Å². The van der Waals surface area contributed by atoms with Gasteiger partial charge >= 0.3 is 0 Å². The van der Waals surface area contributed by atoms with Gasteiger partial charge in [0.25, 0.3) is 0 Å². The summed E-state index contributed by atoms with van der Waals surface area (Å²) < 4.78 is 0.